The highest BCUT2D eigenvalue weighted by atomic mass is 19.4. The Labute approximate surface area is 159 Å². The summed E-state index contributed by atoms with van der Waals surface area (Å²) >= 11 is 0. The van der Waals surface area contributed by atoms with Crippen molar-refractivity contribution in [2.45, 2.75) is 32.1 Å². The molecule has 1 atom stereocenters. The molecule has 3 heterocycles. The number of pyridine rings is 1. The van der Waals surface area contributed by atoms with Crippen LogP contribution in [0, 0.1) is 0 Å². The Morgan fingerprint density at radius 1 is 1.18 bits per heavy atom. The van der Waals surface area contributed by atoms with Crippen LogP contribution < -0.4 is 5.43 Å². The molecular formula is C20H22F3N3O2. The van der Waals surface area contributed by atoms with Gasteiger partial charge in [-0.2, -0.15) is 13.2 Å². The quantitative estimate of drug-likeness (QED) is 0.725. The van der Waals surface area contributed by atoms with Crippen molar-refractivity contribution in [2.24, 2.45) is 0 Å². The molecule has 1 aromatic carbocycles. The third-order valence-electron chi connectivity index (χ3n) is 5.32. The molecule has 5 nitrogen and oxygen atoms in total. The maximum atomic E-state index is 13.9. The molecule has 2 aromatic heterocycles. The fraction of sp³-hybridized carbons (Fsp3) is 0.450. The minimum absolute atomic E-state index is 0.0977. The zero-order chi connectivity index (χ0) is 19.9. The molecule has 0 aliphatic carbocycles. The first-order chi connectivity index (χ1) is 13.4. The SMILES string of the molecule is CCCC(N1CCOCC1)n1c2cc(=O)ccc2c2cc[nH]c(C(F)(F)F)c21. The molecule has 0 spiro atoms. The molecule has 0 saturated carbocycles. The van der Waals surface area contributed by atoms with Crippen molar-refractivity contribution in [3.8, 4) is 0 Å². The summed E-state index contributed by atoms with van der Waals surface area (Å²) < 4.78 is 48.7. The van der Waals surface area contributed by atoms with Crippen molar-refractivity contribution in [3.05, 3.63) is 46.4 Å². The van der Waals surface area contributed by atoms with E-state index in [2.05, 4.69) is 9.88 Å². The van der Waals surface area contributed by atoms with Gasteiger partial charge in [-0.3, -0.25) is 9.69 Å². The van der Waals surface area contributed by atoms with Gasteiger partial charge in [0.1, 0.15) is 5.69 Å². The number of halogens is 3. The molecule has 0 bridgehead atoms. The second-order valence-corrected chi connectivity index (χ2v) is 7.08. The Balaban J connectivity index is 2.08. The number of H-pyrrole nitrogens is 1. The normalized spacial score (nSPS) is 17.4. The summed E-state index contributed by atoms with van der Waals surface area (Å²) in [4.78, 5) is 16.6. The third kappa shape index (κ3) is 3.20. The Bertz CT molecular complexity index is 1050. The monoisotopic (exact) mass is 393 g/mol. The van der Waals surface area contributed by atoms with Gasteiger partial charge in [0.25, 0.3) is 0 Å². The molecule has 4 rings (SSSR count). The Morgan fingerprint density at radius 3 is 2.61 bits per heavy atom. The molecule has 0 amide bonds. The molecular weight excluding hydrogens is 371 g/mol. The number of morpholine rings is 1. The Kier molecular flexibility index (Phi) is 4.93. The van der Waals surface area contributed by atoms with E-state index in [4.69, 9.17) is 4.74 Å². The fourth-order valence-electron chi connectivity index (χ4n) is 4.15. The number of rotatable bonds is 4. The molecule has 1 fully saturated rings. The van der Waals surface area contributed by atoms with Gasteiger partial charge in [-0.15, -0.1) is 0 Å². The lowest BCUT2D eigenvalue weighted by atomic mass is 10.1. The number of aromatic amines is 1. The van der Waals surface area contributed by atoms with Crippen molar-refractivity contribution in [3.63, 3.8) is 0 Å². The van der Waals surface area contributed by atoms with E-state index in [9.17, 15) is 18.0 Å². The number of ether oxygens (including phenoxy) is 1. The van der Waals surface area contributed by atoms with Crippen LogP contribution in [0.5, 0.6) is 0 Å². The van der Waals surface area contributed by atoms with Crippen LogP contribution in [0.1, 0.15) is 31.6 Å². The van der Waals surface area contributed by atoms with Crippen molar-refractivity contribution < 1.29 is 17.9 Å². The van der Waals surface area contributed by atoms with Crippen LogP contribution in [-0.2, 0) is 10.9 Å². The molecule has 1 unspecified atom stereocenters. The van der Waals surface area contributed by atoms with E-state index < -0.39 is 11.9 Å². The van der Waals surface area contributed by atoms with E-state index in [0.717, 1.165) is 6.42 Å². The number of alkyl halides is 3. The van der Waals surface area contributed by atoms with Crippen LogP contribution in [0.4, 0.5) is 13.2 Å². The maximum Gasteiger partial charge on any atom is 0.433 e. The van der Waals surface area contributed by atoms with Crippen LogP contribution in [0.3, 0.4) is 0 Å². The fourth-order valence-corrected chi connectivity index (χ4v) is 4.15. The summed E-state index contributed by atoms with van der Waals surface area (Å²) in [6, 6.07) is 6.12. The predicted molar refractivity (Wildman–Crippen MR) is 101 cm³/mol. The molecule has 1 aliphatic heterocycles. The van der Waals surface area contributed by atoms with Crippen LogP contribution in [-0.4, -0.2) is 40.8 Å². The molecule has 1 N–H and O–H groups in total. The van der Waals surface area contributed by atoms with Crippen LogP contribution >= 0.6 is 0 Å². The summed E-state index contributed by atoms with van der Waals surface area (Å²) in [5.41, 5.74) is -0.368. The molecule has 28 heavy (non-hydrogen) atoms. The lowest BCUT2D eigenvalue weighted by Crippen LogP contribution is -2.41. The van der Waals surface area contributed by atoms with Gasteiger partial charge >= 0.3 is 6.18 Å². The van der Waals surface area contributed by atoms with Gasteiger partial charge in [0, 0.05) is 36.1 Å². The summed E-state index contributed by atoms with van der Waals surface area (Å²) in [5.74, 6) is 0. The number of nitrogens with one attached hydrogen (secondary N) is 1. The molecule has 150 valence electrons. The number of nitrogens with zero attached hydrogens (tertiary/aromatic N) is 2. The van der Waals surface area contributed by atoms with Gasteiger partial charge in [-0.1, -0.05) is 13.3 Å². The summed E-state index contributed by atoms with van der Waals surface area (Å²) in [6.07, 6.45) is -2.03. The number of fused-ring (bicyclic) bond motifs is 3. The van der Waals surface area contributed by atoms with Gasteiger partial charge < -0.3 is 14.3 Å². The van der Waals surface area contributed by atoms with E-state index in [1.165, 1.54) is 18.3 Å². The van der Waals surface area contributed by atoms with E-state index in [1.807, 2.05) is 6.92 Å². The maximum absolute atomic E-state index is 13.9. The van der Waals surface area contributed by atoms with E-state index in [0.29, 0.717) is 49.0 Å². The van der Waals surface area contributed by atoms with Crippen LogP contribution in [0.25, 0.3) is 21.8 Å². The van der Waals surface area contributed by atoms with Crippen molar-refractivity contribution in [2.75, 3.05) is 26.3 Å². The minimum Gasteiger partial charge on any atom is -0.379 e. The highest BCUT2D eigenvalue weighted by molar-refractivity contribution is 6.08. The second-order valence-electron chi connectivity index (χ2n) is 7.08. The van der Waals surface area contributed by atoms with Crippen molar-refractivity contribution in [1.82, 2.24) is 14.5 Å². The first-order valence-electron chi connectivity index (χ1n) is 9.46. The van der Waals surface area contributed by atoms with Gasteiger partial charge in [0.15, 0.2) is 5.43 Å². The van der Waals surface area contributed by atoms with Gasteiger partial charge in [-0.25, -0.2) is 0 Å². The van der Waals surface area contributed by atoms with Crippen molar-refractivity contribution in [1.29, 1.82) is 0 Å². The number of benzene rings is 1. The number of hydrogen-bond donors (Lipinski definition) is 1. The standard InChI is InChI=1S/C20H22F3N3O2/c1-2-3-17(25-8-10-28-11-9-25)26-16-12-13(27)4-5-14(16)15-6-7-24-19(18(15)26)20(21,22)23/h4-7,12,17,24H,2-3,8-11H2,1H3. The third-order valence-corrected chi connectivity index (χ3v) is 5.32. The van der Waals surface area contributed by atoms with Crippen LogP contribution in [0.2, 0.25) is 0 Å². The van der Waals surface area contributed by atoms with Crippen LogP contribution in [0.15, 0.2) is 35.3 Å². The zero-order valence-electron chi connectivity index (χ0n) is 15.6. The highest BCUT2D eigenvalue weighted by Crippen LogP contribution is 2.40. The molecule has 1 aliphatic rings. The molecule has 8 heteroatoms. The van der Waals surface area contributed by atoms with Gasteiger partial charge in [0.2, 0.25) is 0 Å². The van der Waals surface area contributed by atoms with Crippen molar-refractivity contribution >= 4 is 21.8 Å². The molecule has 1 saturated heterocycles. The minimum atomic E-state index is -4.53. The number of aromatic nitrogens is 2. The van der Waals surface area contributed by atoms with E-state index >= 15 is 0 Å². The lowest BCUT2D eigenvalue weighted by molar-refractivity contribution is -0.140. The van der Waals surface area contributed by atoms with Gasteiger partial charge in [-0.05, 0) is 24.6 Å². The largest absolute Gasteiger partial charge is 0.433 e. The average molecular weight is 393 g/mol. The smallest absolute Gasteiger partial charge is 0.379 e. The lowest BCUT2D eigenvalue weighted by Gasteiger charge is -2.36. The summed E-state index contributed by atoms with van der Waals surface area (Å²) in [5, 5.41) is 1.15. The summed E-state index contributed by atoms with van der Waals surface area (Å²) in [6.45, 7) is 4.38. The van der Waals surface area contributed by atoms with E-state index in [-0.39, 0.29) is 17.1 Å². The number of hydrogen-bond acceptors (Lipinski definition) is 3. The first kappa shape index (κ1) is 19.0. The highest BCUT2D eigenvalue weighted by Gasteiger charge is 2.37. The topological polar surface area (TPSA) is 50.3 Å². The van der Waals surface area contributed by atoms with Gasteiger partial charge in [0.05, 0.1) is 30.4 Å². The first-order valence-corrected chi connectivity index (χ1v) is 9.46. The molecule has 0 radical (unpaired) electrons. The second kappa shape index (κ2) is 7.25. The Hall–Kier alpha value is -2.32. The van der Waals surface area contributed by atoms with E-state index in [1.54, 1.807) is 16.7 Å². The predicted octanol–water partition coefficient (Wildman–Crippen LogP) is 4.13. The Morgan fingerprint density at radius 2 is 1.93 bits per heavy atom. The summed E-state index contributed by atoms with van der Waals surface area (Å²) in [7, 11) is 0. The average Bonchev–Trinajstić information content (AvgIpc) is 2.99. The molecule has 3 aromatic rings. The zero-order valence-corrected chi connectivity index (χ0v) is 15.6.